The zero-order valence-corrected chi connectivity index (χ0v) is 9.50. The van der Waals surface area contributed by atoms with Gasteiger partial charge in [0.15, 0.2) is 0 Å². The Balaban J connectivity index is 2.43. The zero-order valence-electron chi connectivity index (χ0n) is 7.91. The van der Waals surface area contributed by atoms with Crippen LogP contribution in [0.25, 0.3) is 0 Å². The SMILES string of the molecule is NC1CCCc2cc(Br)ccc2C1O. The second-order valence-corrected chi connectivity index (χ2v) is 4.76. The van der Waals surface area contributed by atoms with E-state index >= 15 is 0 Å². The fraction of sp³-hybridized carbons (Fsp3) is 0.455. The lowest BCUT2D eigenvalue weighted by Crippen LogP contribution is -2.27. The van der Waals surface area contributed by atoms with E-state index in [0.29, 0.717) is 0 Å². The highest BCUT2D eigenvalue weighted by Gasteiger charge is 2.22. The summed E-state index contributed by atoms with van der Waals surface area (Å²) >= 11 is 3.44. The van der Waals surface area contributed by atoms with Crippen LogP contribution in [0.5, 0.6) is 0 Å². The molecule has 2 rings (SSSR count). The molecule has 1 aromatic rings. The van der Waals surface area contributed by atoms with Crippen molar-refractivity contribution in [2.24, 2.45) is 5.73 Å². The second-order valence-electron chi connectivity index (χ2n) is 3.84. The van der Waals surface area contributed by atoms with Crippen LogP contribution in [0.15, 0.2) is 22.7 Å². The molecule has 2 nitrogen and oxygen atoms in total. The lowest BCUT2D eigenvalue weighted by molar-refractivity contribution is 0.144. The lowest BCUT2D eigenvalue weighted by atomic mass is 9.99. The van der Waals surface area contributed by atoms with Gasteiger partial charge < -0.3 is 10.8 Å². The van der Waals surface area contributed by atoms with Gasteiger partial charge in [0.25, 0.3) is 0 Å². The van der Waals surface area contributed by atoms with Crippen molar-refractivity contribution in [3.63, 3.8) is 0 Å². The molecular weight excluding hydrogens is 242 g/mol. The van der Waals surface area contributed by atoms with Gasteiger partial charge in [-0.2, -0.15) is 0 Å². The molecule has 0 heterocycles. The van der Waals surface area contributed by atoms with Gasteiger partial charge in [0, 0.05) is 10.5 Å². The molecular formula is C11H14BrNO. The second kappa shape index (κ2) is 4.01. The summed E-state index contributed by atoms with van der Waals surface area (Å²) in [4.78, 5) is 0. The van der Waals surface area contributed by atoms with E-state index in [9.17, 15) is 5.11 Å². The predicted molar refractivity (Wildman–Crippen MR) is 60.0 cm³/mol. The molecule has 2 atom stereocenters. The van der Waals surface area contributed by atoms with E-state index < -0.39 is 6.10 Å². The number of rotatable bonds is 0. The Morgan fingerprint density at radius 2 is 2.21 bits per heavy atom. The molecule has 0 fully saturated rings. The average Bonchev–Trinajstić information content (AvgIpc) is 2.28. The van der Waals surface area contributed by atoms with Crippen molar-refractivity contribution >= 4 is 15.9 Å². The molecule has 0 saturated heterocycles. The summed E-state index contributed by atoms with van der Waals surface area (Å²) < 4.78 is 1.07. The van der Waals surface area contributed by atoms with Crippen molar-refractivity contribution in [1.82, 2.24) is 0 Å². The van der Waals surface area contributed by atoms with Gasteiger partial charge in [-0.05, 0) is 42.5 Å². The summed E-state index contributed by atoms with van der Waals surface area (Å²) in [6.07, 6.45) is 2.47. The van der Waals surface area contributed by atoms with Gasteiger partial charge in [0.1, 0.15) is 0 Å². The standard InChI is InChI=1S/C11H14BrNO/c12-8-4-5-9-7(6-8)2-1-3-10(13)11(9)14/h4-6,10-11,14H,1-3,13H2. The van der Waals surface area contributed by atoms with Crippen molar-refractivity contribution in [3.8, 4) is 0 Å². The first-order chi connectivity index (χ1) is 6.68. The van der Waals surface area contributed by atoms with E-state index in [2.05, 4.69) is 22.0 Å². The molecule has 0 amide bonds. The van der Waals surface area contributed by atoms with Crippen LogP contribution >= 0.6 is 15.9 Å². The first-order valence-corrected chi connectivity index (χ1v) is 5.70. The number of hydrogen-bond acceptors (Lipinski definition) is 2. The molecule has 0 aliphatic heterocycles. The van der Waals surface area contributed by atoms with Crippen molar-refractivity contribution in [2.75, 3.05) is 0 Å². The molecule has 3 N–H and O–H groups in total. The van der Waals surface area contributed by atoms with Crippen LogP contribution in [0.3, 0.4) is 0 Å². The van der Waals surface area contributed by atoms with Crippen LogP contribution in [0.4, 0.5) is 0 Å². The van der Waals surface area contributed by atoms with E-state index in [4.69, 9.17) is 5.73 Å². The number of fused-ring (bicyclic) bond motifs is 1. The minimum atomic E-state index is -0.499. The van der Waals surface area contributed by atoms with Crippen LogP contribution in [-0.2, 0) is 6.42 Å². The number of aliphatic hydroxyl groups is 1. The summed E-state index contributed by atoms with van der Waals surface area (Å²) in [6, 6.07) is 5.89. The minimum absolute atomic E-state index is 0.113. The first-order valence-electron chi connectivity index (χ1n) is 4.90. The van der Waals surface area contributed by atoms with Gasteiger partial charge in [0.2, 0.25) is 0 Å². The summed E-state index contributed by atoms with van der Waals surface area (Å²) in [5, 5.41) is 9.96. The minimum Gasteiger partial charge on any atom is -0.387 e. The van der Waals surface area contributed by atoms with Crippen LogP contribution < -0.4 is 5.73 Å². The molecule has 1 aliphatic carbocycles. The smallest absolute Gasteiger partial charge is 0.0943 e. The van der Waals surface area contributed by atoms with E-state index in [1.807, 2.05) is 12.1 Å². The van der Waals surface area contributed by atoms with Crippen molar-refractivity contribution < 1.29 is 5.11 Å². The molecule has 0 saturated carbocycles. The van der Waals surface area contributed by atoms with Crippen LogP contribution in [0.1, 0.15) is 30.1 Å². The molecule has 76 valence electrons. The summed E-state index contributed by atoms with van der Waals surface area (Å²) in [7, 11) is 0. The highest BCUT2D eigenvalue weighted by molar-refractivity contribution is 9.10. The Kier molecular flexibility index (Phi) is 2.91. The summed E-state index contributed by atoms with van der Waals surface area (Å²) in [5.74, 6) is 0. The third-order valence-electron chi connectivity index (χ3n) is 2.81. The van der Waals surface area contributed by atoms with Crippen LogP contribution in [0.2, 0.25) is 0 Å². The van der Waals surface area contributed by atoms with Crippen molar-refractivity contribution in [3.05, 3.63) is 33.8 Å². The fourth-order valence-corrected chi connectivity index (χ4v) is 2.40. The van der Waals surface area contributed by atoms with Crippen LogP contribution in [-0.4, -0.2) is 11.1 Å². The Morgan fingerprint density at radius 1 is 1.43 bits per heavy atom. The Morgan fingerprint density at radius 3 is 3.00 bits per heavy atom. The lowest BCUT2D eigenvalue weighted by Gasteiger charge is -2.17. The molecule has 14 heavy (non-hydrogen) atoms. The number of hydrogen-bond donors (Lipinski definition) is 2. The molecule has 3 heteroatoms. The molecule has 0 aromatic heterocycles. The molecule has 0 bridgehead atoms. The monoisotopic (exact) mass is 255 g/mol. The molecule has 2 unspecified atom stereocenters. The van der Waals surface area contributed by atoms with Crippen molar-refractivity contribution in [2.45, 2.75) is 31.4 Å². The van der Waals surface area contributed by atoms with E-state index in [-0.39, 0.29) is 6.04 Å². The maximum Gasteiger partial charge on any atom is 0.0943 e. The highest BCUT2D eigenvalue weighted by atomic mass is 79.9. The van der Waals surface area contributed by atoms with E-state index in [1.165, 1.54) is 5.56 Å². The van der Waals surface area contributed by atoms with Gasteiger partial charge >= 0.3 is 0 Å². The van der Waals surface area contributed by atoms with Gasteiger partial charge in [-0.25, -0.2) is 0 Å². The molecule has 0 radical (unpaired) electrons. The normalized spacial score (nSPS) is 26.8. The van der Waals surface area contributed by atoms with Gasteiger partial charge in [-0.15, -0.1) is 0 Å². The number of halogens is 1. The predicted octanol–water partition coefficient (Wildman–Crippen LogP) is 2.15. The van der Waals surface area contributed by atoms with E-state index in [1.54, 1.807) is 0 Å². The highest BCUT2D eigenvalue weighted by Crippen LogP contribution is 2.29. The maximum absolute atomic E-state index is 9.96. The number of aliphatic hydroxyl groups excluding tert-OH is 1. The third-order valence-corrected chi connectivity index (χ3v) is 3.31. The molecule has 1 aromatic carbocycles. The number of benzene rings is 1. The number of aryl methyl sites for hydroxylation is 1. The molecule has 0 spiro atoms. The maximum atomic E-state index is 9.96. The topological polar surface area (TPSA) is 46.2 Å². The van der Waals surface area contributed by atoms with Crippen LogP contribution in [0, 0.1) is 0 Å². The molecule has 1 aliphatic rings. The summed E-state index contributed by atoms with van der Waals surface area (Å²) in [5.41, 5.74) is 8.09. The first kappa shape index (κ1) is 10.1. The van der Waals surface area contributed by atoms with Gasteiger partial charge in [-0.3, -0.25) is 0 Å². The average molecular weight is 256 g/mol. The van der Waals surface area contributed by atoms with Crippen molar-refractivity contribution in [1.29, 1.82) is 0 Å². The third kappa shape index (κ3) is 1.85. The van der Waals surface area contributed by atoms with Gasteiger partial charge in [0.05, 0.1) is 6.10 Å². The van der Waals surface area contributed by atoms with E-state index in [0.717, 1.165) is 29.3 Å². The zero-order chi connectivity index (χ0) is 10.1. The Labute approximate surface area is 92.3 Å². The Hall–Kier alpha value is -0.380. The Bertz CT molecular complexity index is 340. The van der Waals surface area contributed by atoms with Gasteiger partial charge in [-0.1, -0.05) is 22.0 Å². The largest absolute Gasteiger partial charge is 0.387 e. The summed E-state index contributed by atoms with van der Waals surface area (Å²) in [6.45, 7) is 0. The number of nitrogens with two attached hydrogens (primary N) is 1. The quantitative estimate of drug-likeness (QED) is 0.698. The fourth-order valence-electron chi connectivity index (χ4n) is 2.00.